The Kier molecular flexibility index (Phi) is 11.6. The summed E-state index contributed by atoms with van der Waals surface area (Å²) in [5, 5.41) is 15.2. The summed E-state index contributed by atoms with van der Waals surface area (Å²) in [5.41, 5.74) is 4.79. The number of unbranched alkanes of at least 4 members (excludes halogenated alkanes) is 1. The molecule has 1 aromatic carbocycles. The molecule has 4 N–H and O–H groups in total. The van der Waals surface area contributed by atoms with Crippen LogP contribution < -0.4 is 11.1 Å². The number of carbonyl (C=O) groups excluding carboxylic acids is 2. The second-order valence-electron chi connectivity index (χ2n) is 11.3. The number of urea groups is 2. The lowest BCUT2D eigenvalue weighted by molar-refractivity contribution is -0.0566. The number of likely N-dealkylation sites (tertiary alicyclic amines) is 1. The SMILES string of the molecule is COCCCC[C@@](O)(c1cccc(F)c1)[C@@H]1CCCN(C(=O)N[C@@H](CC2CCCCC2)CN(C)C(N)=O)C1. The van der Waals surface area contributed by atoms with Gasteiger partial charge in [-0.1, -0.05) is 44.2 Å². The molecule has 1 aliphatic heterocycles. The highest BCUT2D eigenvalue weighted by Crippen LogP contribution is 2.40. The number of halogens is 1. The number of piperidine rings is 1. The van der Waals surface area contributed by atoms with E-state index in [1.165, 1.54) is 36.3 Å². The molecule has 4 amide bonds. The number of ether oxygens (including phenoxy) is 1. The van der Waals surface area contributed by atoms with Crippen molar-refractivity contribution in [2.75, 3.05) is 40.4 Å². The topological polar surface area (TPSA) is 108 Å². The molecular formula is C29H47FN4O4. The molecule has 0 aromatic heterocycles. The summed E-state index contributed by atoms with van der Waals surface area (Å²) >= 11 is 0. The van der Waals surface area contributed by atoms with Crippen LogP contribution in [0.25, 0.3) is 0 Å². The maximum Gasteiger partial charge on any atom is 0.317 e. The second-order valence-corrected chi connectivity index (χ2v) is 11.3. The van der Waals surface area contributed by atoms with Crippen molar-refractivity contribution in [2.45, 2.75) is 82.3 Å². The number of amides is 4. The molecule has 3 rings (SSSR count). The number of hydrogen-bond acceptors (Lipinski definition) is 4. The van der Waals surface area contributed by atoms with Gasteiger partial charge >= 0.3 is 12.1 Å². The van der Waals surface area contributed by atoms with Crippen molar-refractivity contribution in [3.8, 4) is 0 Å². The van der Waals surface area contributed by atoms with E-state index in [1.807, 2.05) is 0 Å². The summed E-state index contributed by atoms with van der Waals surface area (Å²) in [7, 11) is 3.31. The van der Waals surface area contributed by atoms with E-state index in [0.29, 0.717) is 44.1 Å². The number of methoxy groups -OCH3 is 1. The molecule has 1 saturated carbocycles. The number of nitrogens with two attached hydrogens (primary N) is 1. The third kappa shape index (κ3) is 8.56. The third-order valence-corrected chi connectivity index (χ3v) is 8.41. The first-order valence-corrected chi connectivity index (χ1v) is 14.3. The first-order valence-electron chi connectivity index (χ1n) is 14.3. The number of primary amides is 1. The summed E-state index contributed by atoms with van der Waals surface area (Å²) in [6, 6.07) is 5.30. The smallest absolute Gasteiger partial charge is 0.317 e. The number of nitrogens with one attached hydrogen (secondary N) is 1. The lowest BCUT2D eigenvalue weighted by atomic mass is 9.74. The molecule has 1 saturated heterocycles. The van der Waals surface area contributed by atoms with Crippen LogP contribution in [0.5, 0.6) is 0 Å². The molecule has 0 spiro atoms. The molecule has 3 atom stereocenters. The Bertz CT molecular complexity index is 897. The Morgan fingerprint density at radius 1 is 1.24 bits per heavy atom. The van der Waals surface area contributed by atoms with Crippen LogP contribution in [-0.4, -0.2) is 73.4 Å². The Hall–Kier alpha value is -2.39. The van der Waals surface area contributed by atoms with Crippen LogP contribution in [0, 0.1) is 17.7 Å². The molecule has 8 nitrogen and oxygen atoms in total. The van der Waals surface area contributed by atoms with Gasteiger partial charge in [0, 0.05) is 52.4 Å². The lowest BCUT2D eigenvalue weighted by Gasteiger charge is -2.43. The molecule has 2 fully saturated rings. The summed E-state index contributed by atoms with van der Waals surface area (Å²) in [6.45, 7) is 1.93. The number of aliphatic hydroxyl groups is 1. The maximum atomic E-state index is 14.2. The minimum Gasteiger partial charge on any atom is -0.385 e. The van der Waals surface area contributed by atoms with Crippen molar-refractivity contribution in [1.82, 2.24) is 15.1 Å². The van der Waals surface area contributed by atoms with E-state index in [9.17, 15) is 19.1 Å². The van der Waals surface area contributed by atoms with Crippen LogP contribution in [-0.2, 0) is 10.3 Å². The molecule has 9 heteroatoms. The number of benzene rings is 1. The quantitative estimate of drug-likeness (QED) is 0.341. The van der Waals surface area contributed by atoms with E-state index in [1.54, 1.807) is 31.2 Å². The fourth-order valence-corrected chi connectivity index (χ4v) is 6.23. The number of hydrogen-bond donors (Lipinski definition) is 3. The van der Waals surface area contributed by atoms with Crippen molar-refractivity contribution in [3.63, 3.8) is 0 Å². The number of rotatable bonds is 12. The van der Waals surface area contributed by atoms with Gasteiger partial charge in [-0.2, -0.15) is 0 Å². The Morgan fingerprint density at radius 3 is 2.68 bits per heavy atom. The molecule has 1 aromatic rings. The van der Waals surface area contributed by atoms with Crippen LogP contribution in [0.1, 0.15) is 76.2 Å². The summed E-state index contributed by atoms with van der Waals surface area (Å²) in [5.74, 6) is -0.0848. The zero-order chi connectivity index (χ0) is 27.5. The third-order valence-electron chi connectivity index (χ3n) is 8.41. The first kappa shape index (κ1) is 30.2. The minimum atomic E-state index is -1.25. The molecule has 0 radical (unpaired) electrons. The lowest BCUT2D eigenvalue weighted by Crippen LogP contribution is -2.54. The zero-order valence-electron chi connectivity index (χ0n) is 23.2. The molecule has 0 unspecified atom stereocenters. The van der Waals surface area contributed by atoms with Gasteiger partial charge in [0.2, 0.25) is 0 Å². The van der Waals surface area contributed by atoms with E-state index >= 15 is 0 Å². The predicted octanol–water partition coefficient (Wildman–Crippen LogP) is 4.60. The van der Waals surface area contributed by atoms with E-state index in [0.717, 1.165) is 44.9 Å². The van der Waals surface area contributed by atoms with Gasteiger partial charge in [0.05, 0.1) is 5.60 Å². The van der Waals surface area contributed by atoms with Crippen LogP contribution in [0.3, 0.4) is 0 Å². The number of carbonyl (C=O) groups is 2. The maximum absolute atomic E-state index is 14.2. The molecular weight excluding hydrogens is 487 g/mol. The average Bonchev–Trinajstić information content (AvgIpc) is 2.91. The van der Waals surface area contributed by atoms with E-state index < -0.39 is 11.6 Å². The first-order chi connectivity index (χ1) is 18.2. The van der Waals surface area contributed by atoms with Crippen molar-refractivity contribution in [1.29, 1.82) is 0 Å². The van der Waals surface area contributed by atoms with Crippen molar-refractivity contribution in [2.24, 2.45) is 17.6 Å². The van der Waals surface area contributed by atoms with Crippen LogP contribution >= 0.6 is 0 Å². The minimum absolute atomic E-state index is 0.186. The van der Waals surface area contributed by atoms with Crippen molar-refractivity contribution >= 4 is 12.1 Å². The zero-order valence-corrected chi connectivity index (χ0v) is 23.2. The summed E-state index contributed by atoms with van der Waals surface area (Å²) in [4.78, 5) is 28.4. The van der Waals surface area contributed by atoms with E-state index in [-0.39, 0.29) is 23.8 Å². The molecule has 38 heavy (non-hydrogen) atoms. The second kappa shape index (κ2) is 14.7. The summed E-state index contributed by atoms with van der Waals surface area (Å²) in [6.07, 6.45) is 10.2. The van der Waals surface area contributed by atoms with Gasteiger partial charge in [0.15, 0.2) is 0 Å². The van der Waals surface area contributed by atoms with Crippen LogP contribution in [0.15, 0.2) is 24.3 Å². The fraction of sp³-hybridized carbons (Fsp3) is 0.724. The van der Waals surface area contributed by atoms with E-state index in [4.69, 9.17) is 10.5 Å². The standard InChI is InChI=1S/C29H47FN4O4/c1-33(27(31)35)21-26(18-22-10-4-3-5-11-22)32-28(36)34-16-9-13-24(20-34)29(37,15-6-7-17-38-2)23-12-8-14-25(30)19-23/h8,12,14,19,22,24,26,37H,3-7,9-11,13,15-18,20-21H2,1-2H3,(H2,31,35)(H,32,36)/t24-,26+,29-/m1/s1. The Balaban J connectivity index is 1.72. The monoisotopic (exact) mass is 534 g/mol. The predicted molar refractivity (Wildman–Crippen MR) is 146 cm³/mol. The highest BCUT2D eigenvalue weighted by Gasteiger charge is 2.41. The number of nitrogens with zero attached hydrogens (tertiary/aromatic N) is 2. The van der Waals surface area contributed by atoms with Gasteiger partial charge in [-0.25, -0.2) is 14.0 Å². The van der Waals surface area contributed by atoms with Gasteiger partial charge in [-0.05, 0) is 62.1 Å². The van der Waals surface area contributed by atoms with Gasteiger partial charge in [0.1, 0.15) is 5.82 Å². The largest absolute Gasteiger partial charge is 0.385 e. The fourth-order valence-electron chi connectivity index (χ4n) is 6.23. The van der Waals surface area contributed by atoms with Crippen molar-refractivity contribution in [3.05, 3.63) is 35.6 Å². The molecule has 214 valence electrons. The van der Waals surface area contributed by atoms with Gasteiger partial charge in [0.25, 0.3) is 0 Å². The highest BCUT2D eigenvalue weighted by atomic mass is 19.1. The molecule has 1 heterocycles. The molecule has 1 aliphatic carbocycles. The van der Waals surface area contributed by atoms with Crippen molar-refractivity contribution < 1.29 is 23.8 Å². The van der Waals surface area contributed by atoms with Crippen LogP contribution in [0.4, 0.5) is 14.0 Å². The summed E-state index contributed by atoms with van der Waals surface area (Å²) < 4.78 is 19.3. The Morgan fingerprint density at radius 2 is 2.00 bits per heavy atom. The van der Waals surface area contributed by atoms with Gasteiger partial charge in [-0.15, -0.1) is 0 Å². The van der Waals surface area contributed by atoms with Gasteiger partial charge < -0.3 is 30.7 Å². The molecule has 2 aliphatic rings. The Labute approximate surface area is 227 Å². The van der Waals surface area contributed by atoms with E-state index in [2.05, 4.69) is 5.32 Å². The van der Waals surface area contributed by atoms with Crippen LogP contribution in [0.2, 0.25) is 0 Å². The highest BCUT2D eigenvalue weighted by molar-refractivity contribution is 5.75. The average molecular weight is 535 g/mol. The number of likely N-dealkylation sites (N-methyl/N-ethyl adjacent to an activating group) is 1. The molecule has 0 bridgehead atoms. The van der Waals surface area contributed by atoms with Gasteiger partial charge in [-0.3, -0.25) is 0 Å². The normalized spacial score (nSPS) is 20.9.